The van der Waals surface area contributed by atoms with Crippen molar-refractivity contribution in [2.45, 2.75) is 112 Å². The highest BCUT2D eigenvalue weighted by molar-refractivity contribution is 7.01. The van der Waals surface area contributed by atoms with Crippen LogP contribution in [0, 0.1) is 41.5 Å². The van der Waals surface area contributed by atoms with Gasteiger partial charge in [-0.3, -0.25) is 0 Å². The third-order valence-corrected chi connectivity index (χ3v) is 19.5. The standard InChI is InChI=1S/C71H63BN2/c1-13-69(9,10)45-34-50-51-35-46(70(11,12)14-2)37-57-65(51)74-64(50)56(36-45)71(53-25-19-17-23-48(53)49-24-18-20-26-54(49)71)55-27-28-58-63(67(55)74)72(57)62-47-22-16-15-21-44(47)33-52-61(59-40(5)29-38(3)30-41(59)6)68(73(58)66(52)62)60-42(7)31-39(4)32-43(60)8/h15-37H,13-14H2,1-12H3. The van der Waals surface area contributed by atoms with Crippen LogP contribution in [0.4, 0.5) is 0 Å². The van der Waals surface area contributed by atoms with Gasteiger partial charge in [0.15, 0.2) is 0 Å². The molecule has 0 amide bonds. The van der Waals surface area contributed by atoms with Gasteiger partial charge in [-0.05, 0) is 189 Å². The molecule has 1 aliphatic carbocycles. The number of hydrogen-bond donors (Lipinski definition) is 0. The van der Waals surface area contributed by atoms with E-state index >= 15 is 0 Å². The number of rotatable bonds is 6. The minimum atomic E-state index is -0.563. The van der Waals surface area contributed by atoms with E-state index in [0.29, 0.717) is 0 Å². The van der Waals surface area contributed by atoms with Crippen LogP contribution >= 0.6 is 0 Å². The van der Waals surface area contributed by atoms with Crippen LogP contribution in [0.2, 0.25) is 0 Å². The molecular formula is C71H63BN2. The normalized spacial score (nSPS) is 14.4. The second kappa shape index (κ2) is 14.5. The van der Waals surface area contributed by atoms with E-state index < -0.39 is 5.41 Å². The highest BCUT2D eigenvalue weighted by Gasteiger charge is 2.55. The van der Waals surface area contributed by atoms with Crippen molar-refractivity contribution in [1.82, 2.24) is 9.13 Å². The largest absolute Gasteiger partial charge is 0.310 e. The van der Waals surface area contributed by atoms with Crippen molar-refractivity contribution in [2.24, 2.45) is 0 Å². The number of hydrogen-bond acceptors (Lipinski definition) is 0. The van der Waals surface area contributed by atoms with Gasteiger partial charge in [0.1, 0.15) is 0 Å². The zero-order chi connectivity index (χ0) is 50.8. The molecule has 15 rings (SSSR count). The molecule has 0 atom stereocenters. The number of aromatic nitrogens is 2. The van der Waals surface area contributed by atoms with Crippen LogP contribution in [0.25, 0.3) is 88.4 Å². The first-order valence-electron chi connectivity index (χ1n) is 27.4. The average Bonchev–Trinajstić information content (AvgIpc) is 4.03. The highest BCUT2D eigenvalue weighted by atomic mass is 15.1. The summed E-state index contributed by atoms with van der Waals surface area (Å²) < 4.78 is 5.60. The molecule has 2 nitrogen and oxygen atoms in total. The van der Waals surface area contributed by atoms with Crippen molar-refractivity contribution in [3.63, 3.8) is 0 Å². The first-order valence-corrected chi connectivity index (χ1v) is 27.4. The van der Waals surface area contributed by atoms with Crippen molar-refractivity contribution in [3.8, 4) is 44.9 Å². The summed E-state index contributed by atoms with van der Waals surface area (Å²) in [5.41, 5.74) is 34.7. The molecular weight excluding hydrogens is 892 g/mol. The molecule has 9 aromatic carbocycles. The quantitative estimate of drug-likeness (QED) is 0.147. The SMILES string of the molecule is CCC(C)(C)c1cc2c3c(c1)c1cc(C(C)(C)CC)cc4c1n3-c1c(ccc3c1B2c1c2ccccc2cc2c(-c5c(C)cc(C)cc5C)c(-c5c(C)cc(C)cc5C)n-3c12)C41c2ccccc2-c2ccccc21. The maximum atomic E-state index is 2.81. The number of nitrogens with zero attached hydrogens (tertiary/aromatic N) is 2. The molecule has 74 heavy (non-hydrogen) atoms. The van der Waals surface area contributed by atoms with Gasteiger partial charge in [0, 0.05) is 44.2 Å². The lowest BCUT2D eigenvalue weighted by atomic mass is 9.33. The van der Waals surface area contributed by atoms with Crippen molar-refractivity contribution in [2.75, 3.05) is 0 Å². The van der Waals surface area contributed by atoms with Gasteiger partial charge in [-0.2, -0.15) is 0 Å². The molecule has 0 bridgehead atoms. The molecule has 0 radical (unpaired) electrons. The van der Waals surface area contributed by atoms with Crippen LogP contribution in [0.15, 0.2) is 140 Å². The van der Waals surface area contributed by atoms with Crippen molar-refractivity contribution in [3.05, 3.63) is 206 Å². The second-order valence-electron chi connectivity index (χ2n) is 24.4. The van der Waals surface area contributed by atoms with E-state index in [2.05, 4.69) is 232 Å². The molecule has 4 aliphatic rings. The Bertz CT molecular complexity index is 4320. The van der Waals surface area contributed by atoms with Gasteiger partial charge in [-0.1, -0.05) is 168 Å². The maximum Gasteiger partial charge on any atom is 0.253 e. The summed E-state index contributed by atoms with van der Waals surface area (Å²) >= 11 is 0. The van der Waals surface area contributed by atoms with Crippen LogP contribution in [0.1, 0.15) is 121 Å². The molecule has 0 fully saturated rings. The van der Waals surface area contributed by atoms with E-state index in [-0.39, 0.29) is 17.5 Å². The smallest absolute Gasteiger partial charge is 0.253 e. The van der Waals surface area contributed by atoms with Crippen LogP contribution in [-0.4, -0.2) is 15.8 Å². The second-order valence-corrected chi connectivity index (χ2v) is 24.4. The van der Waals surface area contributed by atoms with E-state index in [0.717, 1.165) is 12.8 Å². The molecule has 3 heteroatoms. The van der Waals surface area contributed by atoms with Crippen molar-refractivity contribution < 1.29 is 0 Å². The predicted octanol–water partition coefficient (Wildman–Crippen LogP) is 16.3. The Morgan fingerprint density at radius 3 is 1.62 bits per heavy atom. The fourth-order valence-electron chi connectivity index (χ4n) is 15.6. The fourth-order valence-corrected chi connectivity index (χ4v) is 15.6. The van der Waals surface area contributed by atoms with Gasteiger partial charge >= 0.3 is 0 Å². The average molecular weight is 955 g/mol. The summed E-state index contributed by atoms with van der Waals surface area (Å²) in [6, 6.07) is 56.2. The summed E-state index contributed by atoms with van der Waals surface area (Å²) in [4.78, 5) is 0. The van der Waals surface area contributed by atoms with E-state index in [9.17, 15) is 0 Å². The first kappa shape index (κ1) is 44.2. The molecule has 0 unspecified atom stereocenters. The van der Waals surface area contributed by atoms with Gasteiger partial charge in [0.05, 0.1) is 22.1 Å². The van der Waals surface area contributed by atoms with Crippen LogP contribution in [-0.2, 0) is 16.2 Å². The fraction of sp³-hybridized carbons (Fsp3) is 0.239. The zero-order valence-electron chi connectivity index (χ0n) is 45.2. The maximum absolute atomic E-state index is 2.81. The molecule has 0 saturated heterocycles. The Labute approximate surface area is 436 Å². The first-order chi connectivity index (χ1) is 35.6. The van der Waals surface area contributed by atoms with Crippen LogP contribution in [0.3, 0.4) is 0 Å². The minimum absolute atomic E-state index is 0.0407. The van der Waals surface area contributed by atoms with Gasteiger partial charge in [-0.25, -0.2) is 0 Å². The predicted molar refractivity (Wildman–Crippen MR) is 317 cm³/mol. The molecule has 11 aromatic rings. The molecule has 360 valence electrons. The lowest BCUT2D eigenvalue weighted by molar-refractivity contribution is 0.505. The lowest BCUT2D eigenvalue weighted by Crippen LogP contribution is -2.61. The van der Waals surface area contributed by atoms with E-state index in [4.69, 9.17) is 0 Å². The van der Waals surface area contributed by atoms with E-state index in [1.165, 1.54) is 172 Å². The third kappa shape index (κ3) is 5.19. The van der Waals surface area contributed by atoms with Crippen LogP contribution in [0.5, 0.6) is 0 Å². The summed E-state index contributed by atoms with van der Waals surface area (Å²) in [7, 11) is 0. The molecule has 3 aliphatic heterocycles. The minimum Gasteiger partial charge on any atom is -0.310 e. The van der Waals surface area contributed by atoms with Gasteiger partial charge < -0.3 is 9.13 Å². The molecule has 2 aromatic heterocycles. The van der Waals surface area contributed by atoms with E-state index in [1.807, 2.05) is 0 Å². The number of benzene rings is 9. The zero-order valence-corrected chi connectivity index (χ0v) is 45.2. The Hall–Kier alpha value is -7.36. The third-order valence-electron chi connectivity index (χ3n) is 19.5. The topological polar surface area (TPSA) is 9.86 Å². The number of aryl methyl sites for hydroxylation is 6. The molecule has 1 spiro atoms. The lowest BCUT2D eigenvalue weighted by Gasteiger charge is -2.44. The van der Waals surface area contributed by atoms with Crippen molar-refractivity contribution >= 4 is 66.6 Å². The summed E-state index contributed by atoms with van der Waals surface area (Å²) in [5, 5.41) is 6.74. The molecule has 5 heterocycles. The molecule has 0 N–H and O–H groups in total. The van der Waals surface area contributed by atoms with Gasteiger partial charge in [-0.15, -0.1) is 0 Å². The van der Waals surface area contributed by atoms with Crippen molar-refractivity contribution in [1.29, 1.82) is 0 Å². The molecule has 0 saturated carbocycles. The monoisotopic (exact) mass is 955 g/mol. The van der Waals surface area contributed by atoms with Crippen LogP contribution < -0.4 is 16.4 Å². The summed E-state index contributed by atoms with van der Waals surface area (Å²) in [6.07, 6.45) is 2.09. The summed E-state index contributed by atoms with van der Waals surface area (Å²) in [5.74, 6) is 0. The van der Waals surface area contributed by atoms with Gasteiger partial charge in [0.2, 0.25) is 0 Å². The Kier molecular flexibility index (Phi) is 8.64. The van der Waals surface area contributed by atoms with E-state index in [1.54, 1.807) is 0 Å². The Balaban J connectivity index is 1.24. The number of fused-ring (bicyclic) bond motifs is 13. The Morgan fingerprint density at radius 1 is 0.446 bits per heavy atom. The summed E-state index contributed by atoms with van der Waals surface area (Å²) in [6.45, 7) is 28.5. The van der Waals surface area contributed by atoms with Gasteiger partial charge in [0.25, 0.3) is 6.71 Å². The Morgan fingerprint density at radius 2 is 1.00 bits per heavy atom. The highest BCUT2D eigenvalue weighted by Crippen LogP contribution is 2.62.